The third kappa shape index (κ3) is 1.57. The fourth-order valence-electron chi connectivity index (χ4n) is 2.79. The van der Waals surface area contributed by atoms with E-state index in [1.54, 1.807) is 0 Å². The highest BCUT2D eigenvalue weighted by molar-refractivity contribution is 5.87. The number of rotatable bonds is 0. The normalized spacial score (nSPS) is 39.0. The summed E-state index contributed by atoms with van der Waals surface area (Å²) in [4.78, 5) is 2.43. The molecule has 1 aliphatic heterocycles. The van der Waals surface area contributed by atoms with Gasteiger partial charge in [-0.2, -0.15) is 0 Å². The highest BCUT2D eigenvalue weighted by Gasteiger charge is 2.35. The van der Waals surface area contributed by atoms with Crippen molar-refractivity contribution in [2.75, 3.05) is 13.6 Å². The number of hydrogen-bond acceptors (Lipinski definition) is 3. The number of nitrogens with zero attached hydrogens (tertiary/aromatic N) is 2. The van der Waals surface area contributed by atoms with Crippen LogP contribution in [0.3, 0.4) is 0 Å². The highest BCUT2D eigenvalue weighted by atomic mass is 16.4. The first-order valence-electron chi connectivity index (χ1n) is 5.24. The van der Waals surface area contributed by atoms with E-state index in [2.05, 4.69) is 17.1 Å². The lowest BCUT2D eigenvalue weighted by atomic mass is 9.77. The smallest absolute Gasteiger partial charge is 0.0629 e. The molecule has 2 fully saturated rings. The molecule has 0 radical (unpaired) electrons. The molecule has 13 heavy (non-hydrogen) atoms. The molecule has 74 valence electrons. The van der Waals surface area contributed by atoms with E-state index in [4.69, 9.17) is 5.21 Å². The van der Waals surface area contributed by atoms with Crippen molar-refractivity contribution in [3.05, 3.63) is 0 Å². The third-order valence-electron chi connectivity index (χ3n) is 3.57. The van der Waals surface area contributed by atoms with Crippen molar-refractivity contribution in [3.8, 4) is 0 Å². The Balaban J connectivity index is 2.14. The van der Waals surface area contributed by atoms with Crippen molar-refractivity contribution in [2.24, 2.45) is 11.1 Å². The number of piperidine rings is 1. The van der Waals surface area contributed by atoms with E-state index in [1.807, 2.05) is 0 Å². The molecule has 1 saturated heterocycles. The molecule has 1 N–H and O–H groups in total. The molecule has 0 aromatic rings. The maximum atomic E-state index is 8.89. The van der Waals surface area contributed by atoms with Gasteiger partial charge >= 0.3 is 0 Å². The van der Waals surface area contributed by atoms with Gasteiger partial charge in [-0.3, -0.25) is 0 Å². The summed E-state index contributed by atoms with van der Waals surface area (Å²) in [5, 5.41) is 12.3. The number of fused-ring (bicyclic) bond motifs is 1. The summed E-state index contributed by atoms with van der Waals surface area (Å²) < 4.78 is 0. The van der Waals surface area contributed by atoms with Gasteiger partial charge in [-0.05, 0) is 19.9 Å². The average molecular weight is 182 g/mol. The Bertz CT molecular complexity index is 215. The molecule has 2 aliphatic rings. The highest BCUT2D eigenvalue weighted by Crippen LogP contribution is 2.32. The van der Waals surface area contributed by atoms with E-state index >= 15 is 0 Å². The lowest BCUT2D eigenvalue weighted by Crippen LogP contribution is -2.48. The lowest BCUT2D eigenvalue weighted by Gasteiger charge is -2.42. The van der Waals surface area contributed by atoms with Gasteiger partial charge in [-0.15, -0.1) is 0 Å². The minimum absolute atomic E-state index is 0.539. The van der Waals surface area contributed by atoms with Crippen LogP contribution in [0.4, 0.5) is 0 Å². The van der Waals surface area contributed by atoms with Crippen molar-refractivity contribution in [3.63, 3.8) is 0 Å². The van der Waals surface area contributed by atoms with E-state index in [-0.39, 0.29) is 0 Å². The van der Waals surface area contributed by atoms with Crippen LogP contribution in [0.15, 0.2) is 5.16 Å². The Hall–Kier alpha value is -0.570. The second kappa shape index (κ2) is 3.66. The molecule has 0 bridgehead atoms. The summed E-state index contributed by atoms with van der Waals surface area (Å²) >= 11 is 0. The topological polar surface area (TPSA) is 35.8 Å². The Morgan fingerprint density at radius 2 is 2.15 bits per heavy atom. The molecule has 0 aromatic heterocycles. The first-order chi connectivity index (χ1) is 6.33. The van der Waals surface area contributed by atoms with E-state index < -0.39 is 0 Å². The number of oxime groups is 1. The minimum atomic E-state index is 0.539. The van der Waals surface area contributed by atoms with Crippen LogP contribution in [0, 0.1) is 5.92 Å². The largest absolute Gasteiger partial charge is 0.411 e. The van der Waals surface area contributed by atoms with Gasteiger partial charge in [0.15, 0.2) is 0 Å². The standard InChI is InChI=1S/C10H18N2O/c1-12-7-6-9(11-13)8-4-2-3-5-10(8)12/h8,10,13H,2-7H2,1H3/b11-9-/t8-,10+/m1/s1. The van der Waals surface area contributed by atoms with Crippen molar-refractivity contribution in [1.29, 1.82) is 0 Å². The molecule has 0 amide bonds. The molecular formula is C10H18N2O. The zero-order chi connectivity index (χ0) is 9.26. The Morgan fingerprint density at radius 3 is 2.92 bits per heavy atom. The first kappa shape index (κ1) is 9.00. The fourth-order valence-corrected chi connectivity index (χ4v) is 2.79. The third-order valence-corrected chi connectivity index (χ3v) is 3.57. The van der Waals surface area contributed by atoms with Gasteiger partial charge in [0, 0.05) is 24.9 Å². The van der Waals surface area contributed by atoms with Crippen LogP contribution in [-0.4, -0.2) is 35.5 Å². The quantitative estimate of drug-likeness (QED) is 0.457. The van der Waals surface area contributed by atoms with Gasteiger partial charge < -0.3 is 10.1 Å². The summed E-state index contributed by atoms with van der Waals surface area (Å²) in [6.07, 6.45) is 6.08. The maximum absolute atomic E-state index is 8.89. The summed E-state index contributed by atoms with van der Waals surface area (Å²) in [5.41, 5.74) is 1.04. The summed E-state index contributed by atoms with van der Waals surface area (Å²) in [6.45, 7) is 1.06. The fraction of sp³-hybridized carbons (Fsp3) is 0.900. The molecule has 1 saturated carbocycles. The van der Waals surface area contributed by atoms with Crippen molar-refractivity contribution in [2.45, 2.75) is 38.1 Å². The van der Waals surface area contributed by atoms with Gasteiger partial charge in [-0.25, -0.2) is 0 Å². The van der Waals surface area contributed by atoms with Gasteiger partial charge in [0.2, 0.25) is 0 Å². The zero-order valence-electron chi connectivity index (χ0n) is 8.24. The summed E-state index contributed by atoms with van der Waals surface area (Å²) in [7, 11) is 2.19. The van der Waals surface area contributed by atoms with E-state index in [0.29, 0.717) is 12.0 Å². The molecule has 2 atom stereocenters. The SMILES string of the molecule is CN1CC/C(=N/O)[C@H]2CCCC[C@@H]21. The molecule has 1 aliphatic carbocycles. The minimum Gasteiger partial charge on any atom is -0.411 e. The van der Waals surface area contributed by atoms with Crippen molar-refractivity contribution >= 4 is 5.71 Å². The average Bonchev–Trinajstić information content (AvgIpc) is 2.19. The van der Waals surface area contributed by atoms with Crippen LogP contribution in [0.5, 0.6) is 0 Å². The van der Waals surface area contributed by atoms with Gasteiger partial charge in [-0.1, -0.05) is 18.0 Å². The number of likely N-dealkylation sites (tertiary alicyclic amines) is 1. The van der Waals surface area contributed by atoms with Gasteiger partial charge in [0.1, 0.15) is 0 Å². The van der Waals surface area contributed by atoms with E-state index in [9.17, 15) is 0 Å². The second-order valence-corrected chi connectivity index (χ2v) is 4.28. The van der Waals surface area contributed by atoms with Crippen molar-refractivity contribution in [1.82, 2.24) is 4.90 Å². The second-order valence-electron chi connectivity index (χ2n) is 4.28. The molecule has 3 heteroatoms. The van der Waals surface area contributed by atoms with Gasteiger partial charge in [0.25, 0.3) is 0 Å². The molecule has 1 heterocycles. The summed E-state index contributed by atoms with van der Waals surface area (Å²) in [5.74, 6) is 0.539. The van der Waals surface area contributed by atoms with Crippen LogP contribution in [-0.2, 0) is 0 Å². The lowest BCUT2D eigenvalue weighted by molar-refractivity contribution is 0.143. The summed E-state index contributed by atoms with van der Waals surface area (Å²) in [6, 6.07) is 0.647. The van der Waals surface area contributed by atoms with E-state index in [0.717, 1.165) is 18.7 Å². The van der Waals surface area contributed by atoms with Crippen LogP contribution in [0.1, 0.15) is 32.1 Å². The van der Waals surface area contributed by atoms with Gasteiger partial charge in [0.05, 0.1) is 5.71 Å². The Kier molecular flexibility index (Phi) is 2.54. The maximum Gasteiger partial charge on any atom is 0.0629 e. The first-order valence-corrected chi connectivity index (χ1v) is 5.24. The Morgan fingerprint density at radius 1 is 1.38 bits per heavy atom. The Labute approximate surface area is 79.4 Å². The number of hydrogen-bond donors (Lipinski definition) is 1. The molecule has 2 rings (SSSR count). The molecule has 3 nitrogen and oxygen atoms in total. The van der Waals surface area contributed by atoms with Crippen molar-refractivity contribution < 1.29 is 5.21 Å². The zero-order valence-corrected chi connectivity index (χ0v) is 8.24. The van der Waals surface area contributed by atoms with Crippen LogP contribution in [0.2, 0.25) is 0 Å². The molecule has 0 aromatic carbocycles. The molecule has 0 unspecified atom stereocenters. The van der Waals surface area contributed by atoms with Crippen LogP contribution < -0.4 is 0 Å². The predicted octanol–water partition coefficient (Wildman–Crippen LogP) is 1.71. The van der Waals surface area contributed by atoms with Crippen LogP contribution >= 0.6 is 0 Å². The van der Waals surface area contributed by atoms with Crippen LogP contribution in [0.25, 0.3) is 0 Å². The predicted molar refractivity (Wildman–Crippen MR) is 52.2 cm³/mol. The van der Waals surface area contributed by atoms with E-state index in [1.165, 1.54) is 25.7 Å². The monoisotopic (exact) mass is 182 g/mol. The molecular weight excluding hydrogens is 164 g/mol. The molecule has 0 spiro atoms.